The number of nitrogens with two attached hydrogens (primary N) is 1. The summed E-state index contributed by atoms with van der Waals surface area (Å²) in [7, 11) is 0. The van der Waals surface area contributed by atoms with Crippen molar-refractivity contribution in [3.8, 4) is 0 Å². The van der Waals surface area contributed by atoms with Crippen LogP contribution in [0.1, 0.15) is 32.1 Å². The topological polar surface area (TPSA) is 64.3 Å². The summed E-state index contributed by atoms with van der Waals surface area (Å²) in [4.78, 5) is 11.7. The molecule has 1 atom stereocenters. The van der Waals surface area contributed by atoms with E-state index in [1.54, 1.807) is 0 Å². The Morgan fingerprint density at radius 1 is 1.50 bits per heavy atom. The average Bonchev–Trinajstić information content (AvgIpc) is 2.63. The maximum atomic E-state index is 11.7. The van der Waals surface area contributed by atoms with Crippen LogP contribution in [0.15, 0.2) is 0 Å². The van der Waals surface area contributed by atoms with Crippen LogP contribution in [0.3, 0.4) is 0 Å². The second-order valence-electron chi connectivity index (χ2n) is 4.33. The molecule has 2 rings (SSSR count). The number of ether oxygens (including phenoxy) is 1. The van der Waals surface area contributed by atoms with Crippen LogP contribution < -0.4 is 11.1 Å². The first-order valence-electron chi connectivity index (χ1n) is 5.39. The standard InChI is InChI=1S/C10H18N2O2/c11-7-10(4-2-5-10)12-9(13)8-3-1-6-14-8/h8H,1-7,11H2,(H,12,13). The highest BCUT2D eigenvalue weighted by Gasteiger charge is 2.39. The van der Waals surface area contributed by atoms with E-state index >= 15 is 0 Å². The minimum absolute atomic E-state index is 0.0349. The number of carbonyl (C=O) groups is 1. The lowest BCUT2D eigenvalue weighted by Crippen LogP contribution is -2.60. The van der Waals surface area contributed by atoms with Crippen LogP contribution >= 0.6 is 0 Å². The molecule has 2 aliphatic rings. The van der Waals surface area contributed by atoms with Crippen LogP contribution in [0, 0.1) is 0 Å². The van der Waals surface area contributed by atoms with Gasteiger partial charge in [-0.05, 0) is 32.1 Å². The number of amides is 1. The molecule has 2 fully saturated rings. The smallest absolute Gasteiger partial charge is 0.249 e. The number of nitrogens with one attached hydrogen (secondary N) is 1. The Hall–Kier alpha value is -0.610. The molecule has 1 amide bonds. The van der Waals surface area contributed by atoms with Crippen molar-refractivity contribution in [1.82, 2.24) is 5.32 Å². The van der Waals surface area contributed by atoms with E-state index in [9.17, 15) is 4.79 Å². The molecule has 1 unspecified atom stereocenters. The summed E-state index contributed by atoms with van der Waals surface area (Å²) in [6, 6.07) is 0. The van der Waals surface area contributed by atoms with E-state index in [1.807, 2.05) is 0 Å². The highest BCUT2D eigenvalue weighted by atomic mass is 16.5. The average molecular weight is 198 g/mol. The molecule has 1 saturated carbocycles. The van der Waals surface area contributed by atoms with Crippen molar-refractivity contribution in [3.63, 3.8) is 0 Å². The van der Waals surface area contributed by atoms with Crippen LogP contribution in [0.25, 0.3) is 0 Å². The minimum atomic E-state index is -0.223. The van der Waals surface area contributed by atoms with Crippen LogP contribution in [0.2, 0.25) is 0 Å². The molecule has 0 bridgehead atoms. The van der Waals surface area contributed by atoms with Gasteiger partial charge >= 0.3 is 0 Å². The quantitative estimate of drug-likeness (QED) is 0.679. The van der Waals surface area contributed by atoms with E-state index in [-0.39, 0.29) is 17.6 Å². The maximum absolute atomic E-state index is 11.7. The predicted octanol–water partition coefficient (Wildman–Crippen LogP) is 0.163. The second-order valence-corrected chi connectivity index (χ2v) is 4.33. The van der Waals surface area contributed by atoms with E-state index in [4.69, 9.17) is 10.5 Å². The van der Waals surface area contributed by atoms with Crippen molar-refractivity contribution in [2.75, 3.05) is 13.2 Å². The van der Waals surface area contributed by atoms with Gasteiger partial charge < -0.3 is 15.8 Å². The van der Waals surface area contributed by atoms with E-state index in [2.05, 4.69) is 5.32 Å². The molecule has 1 aliphatic heterocycles. The Morgan fingerprint density at radius 2 is 2.29 bits per heavy atom. The van der Waals surface area contributed by atoms with E-state index in [0.29, 0.717) is 13.2 Å². The molecule has 0 spiro atoms. The van der Waals surface area contributed by atoms with Crippen LogP contribution in [-0.4, -0.2) is 30.7 Å². The third-order valence-corrected chi connectivity index (χ3v) is 3.31. The number of carbonyl (C=O) groups excluding carboxylic acids is 1. The first-order chi connectivity index (χ1) is 6.76. The fourth-order valence-corrected chi connectivity index (χ4v) is 2.11. The van der Waals surface area contributed by atoms with Crippen LogP contribution in [-0.2, 0) is 9.53 Å². The Morgan fingerprint density at radius 3 is 2.71 bits per heavy atom. The van der Waals surface area contributed by atoms with Crippen LogP contribution in [0.5, 0.6) is 0 Å². The SMILES string of the molecule is NCC1(NC(=O)C2CCCO2)CCC1. The van der Waals surface area contributed by atoms with Gasteiger partial charge in [-0.1, -0.05) is 0 Å². The molecule has 1 aliphatic carbocycles. The molecule has 0 aromatic heterocycles. The molecule has 0 radical (unpaired) electrons. The lowest BCUT2D eigenvalue weighted by atomic mass is 9.76. The van der Waals surface area contributed by atoms with Crippen LogP contribution in [0.4, 0.5) is 0 Å². The number of hydrogen-bond acceptors (Lipinski definition) is 3. The fourth-order valence-electron chi connectivity index (χ4n) is 2.11. The van der Waals surface area contributed by atoms with Crippen molar-refractivity contribution in [2.24, 2.45) is 5.73 Å². The summed E-state index contributed by atoms with van der Waals surface area (Å²) in [5, 5.41) is 3.03. The van der Waals surface area contributed by atoms with Gasteiger partial charge in [-0.25, -0.2) is 0 Å². The second kappa shape index (κ2) is 3.87. The van der Waals surface area contributed by atoms with Gasteiger partial charge in [-0.2, -0.15) is 0 Å². The first kappa shape index (κ1) is 9.93. The molecular weight excluding hydrogens is 180 g/mol. The molecule has 0 aromatic carbocycles. The largest absolute Gasteiger partial charge is 0.368 e. The highest BCUT2D eigenvalue weighted by Crippen LogP contribution is 2.31. The monoisotopic (exact) mass is 198 g/mol. The Balaban J connectivity index is 1.86. The molecule has 3 N–H and O–H groups in total. The maximum Gasteiger partial charge on any atom is 0.249 e. The molecule has 80 valence electrons. The van der Waals surface area contributed by atoms with Gasteiger partial charge in [-0.3, -0.25) is 4.79 Å². The van der Waals surface area contributed by atoms with Crippen molar-refractivity contribution in [1.29, 1.82) is 0 Å². The Bertz CT molecular complexity index is 215. The van der Waals surface area contributed by atoms with E-state index in [0.717, 1.165) is 25.7 Å². The van der Waals surface area contributed by atoms with Gasteiger partial charge in [0.2, 0.25) is 5.91 Å². The van der Waals surface area contributed by atoms with Gasteiger partial charge in [0.15, 0.2) is 0 Å². The lowest BCUT2D eigenvalue weighted by molar-refractivity contribution is -0.133. The summed E-state index contributed by atoms with van der Waals surface area (Å²) in [6.07, 6.45) is 4.83. The zero-order chi connectivity index (χ0) is 10.0. The predicted molar refractivity (Wildman–Crippen MR) is 52.8 cm³/mol. The summed E-state index contributed by atoms with van der Waals surface area (Å²) in [5.41, 5.74) is 5.55. The molecule has 4 heteroatoms. The third kappa shape index (κ3) is 1.77. The molecule has 0 aromatic rings. The van der Waals surface area contributed by atoms with E-state index < -0.39 is 0 Å². The Labute approximate surface area is 84.2 Å². The van der Waals surface area contributed by atoms with Crippen molar-refractivity contribution in [3.05, 3.63) is 0 Å². The van der Waals surface area contributed by atoms with Gasteiger partial charge in [0.05, 0.1) is 5.54 Å². The summed E-state index contributed by atoms with van der Waals surface area (Å²) in [5.74, 6) is 0.0349. The molecule has 1 heterocycles. The Kier molecular flexibility index (Phi) is 2.74. The normalized spacial score (nSPS) is 29.6. The van der Waals surface area contributed by atoms with Gasteiger partial charge in [-0.15, -0.1) is 0 Å². The summed E-state index contributed by atoms with van der Waals surface area (Å²) in [6.45, 7) is 1.26. The first-order valence-corrected chi connectivity index (χ1v) is 5.39. The number of rotatable bonds is 3. The zero-order valence-corrected chi connectivity index (χ0v) is 8.42. The van der Waals surface area contributed by atoms with Gasteiger partial charge in [0.1, 0.15) is 6.10 Å². The summed E-state index contributed by atoms with van der Waals surface area (Å²) >= 11 is 0. The molecule has 1 saturated heterocycles. The highest BCUT2D eigenvalue weighted by molar-refractivity contribution is 5.81. The minimum Gasteiger partial charge on any atom is -0.368 e. The zero-order valence-electron chi connectivity index (χ0n) is 8.42. The van der Waals surface area contributed by atoms with Gasteiger partial charge in [0.25, 0.3) is 0 Å². The summed E-state index contributed by atoms with van der Waals surface area (Å²) < 4.78 is 5.32. The fraction of sp³-hybridized carbons (Fsp3) is 0.900. The van der Waals surface area contributed by atoms with Gasteiger partial charge in [0, 0.05) is 13.2 Å². The molecule has 4 nitrogen and oxygen atoms in total. The third-order valence-electron chi connectivity index (χ3n) is 3.31. The van der Waals surface area contributed by atoms with Crippen molar-refractivity contribution < 1.29 is 9.53 Å². The molecule has 14 heavy (non-hydrogen) atoms. The van der Waals surface area contributed by atoms with E-state index in [1.165, 1.54) is 6.42 Å². The molecular formula is C10H18N2O2. The van der Waals surface area contributed by atoms with Crippen molar-refractivity contribution >= 4 is 5.91 Å². The number of hydrogen-bond donors (Lipinski definition) is 2. The van der Waals surface area contributed by atoms with Crippen molar-refractivity contribution in [2.45, 2.75) is 43.7 Å². The lowest BCUT2D eigenvalue weighted by Gasteiger charge is -2.42.